The zero-order valence-corrected chi connectivity index (χ0v) is 36.1. The van der Waals surface area contributed by atoms with E-state index in [2.05, 4.69) is 236 Å². The molecule has 62 heavy (non-hydrogen) atoms. The zero-order valence-electron chi connectivity index (χ0n) is 35.3. The van der Waals surface area contributed by atoms with Crippen molar-refractivity contribution >= 4 is 85.8 Å². The first kappa shape index (κ1) is 36.9. The Morgan fingerprint density at radius 2 is 1.11 bits per heavy atom. The second-order valence-corrected chi connectivity index (χ2v) is 18.5. The predicted octanol–water partition coefficient (Wildman–Crippen LogP) is 14.4. The Morgan fingerprint density at radius 3 is 1.84 bits per heavy atom. The fraction of sp³-hybridized carbons (Fsp3) is 0.0877. The Morgan fingerprint density at radius 1 is 0.484 bits per heavy atom. The first-order valence-electron chi connectivity index (χ1n) is 21.6. The number of nitrogens with zero attached hydrogens (tertiary/aromatic N) is 3. The van der Waals surface area contributed by atoms with Crippen LogP contribution in [0.1, 0.15) is 36.1 Å². The molecule has 3 heterocycles. The Bertz CT molecular complexity index is 3210. The normalized spacial score (nSPS) is 14.1. The fourth-order valence-electron chi connectivity index (χ4n) is 10.6. The number of fused-ring (bicyclic) bond motifs is 8. The summed E-state index contributed by atoms with van der Waals surface area (Å²) in [7, 11) is 0. The number of benzene rings is 9. The molecule has 296 valence electrons. The number of aryl methyl sites for hydroxylation is 2. The molecule has 5 heteroatoms. The van der Waals surface area contributed by atoms with Crippen LogP contribution in [0.15, 0.2) is 204 Å². The second-order valence-electron chi connectivity index (χ2n) is 17.4. The lowest BCUT2D eigenvalue weighted by atomic mass is 9.43. The standard InChI is InChI=1S/C57H44BN3S/c1-37-19-11-16-28-48(37)60-50-32-31-42(59(40-22-7-5-8-23-40)41-24-9-6-10-25-41)34-47(50)58-56-52(60)33-39-21-13-14-26-43(39)55(56)44-35-46-54(62-53-30-18-15-27-45(53)57(46,3)4)36-51(44)61(58)49-29-17-12-20-38(49)2/h5-36H,1-4H3. The highest BCUT2D eigenvalue weighted by Crippen LogP contribution is 2.56. The van der Waals surface area contributed by atoms with Crippen molar-refractivity contribution in [2.24, 2.45) is 0 Å². The Kier molecular flexibility index (Phi) is 8.36. The highest BCUT2D eigenvalue weighted by Gasteiger charge is 2.47. The zero-order chi connectivity index (χ0) is 41.7. The van der Waals surface area contributed by atoms with Crippen molar-refractivity contribution in [3.8, 4) is 11.1 Å². The summed E-state index contributed by atoms with van der Waals surface area (Å²) in [5.74, 6) is 0. The lowest BCUT2D eigenvalue weighted by Crippen LogP contribution is -2.62. The van der Waals surface area contributed by atoms with Gasteiger partial charge in [0.25, 0.3) is 0 Å². The molecule has 0 aliphatic carbocycles. The van der Waals surface area contributed by atoms with Gasteiger partial charge in [0, 0.05) is 66.3 Å². The van der Waals surface area contributed by atoms with Crippen LogP contribution in [0.2, 0.25) is 0 Å². The van der Waals surface area contributed by atoms with Crippen LogP contribution < -0.4 is 25.5 Å². The van der Waals surface area contributed by atoms with Crippen molar-refractivity contribution in [2.75, 3.05) is 14.6 Å². The van der Waals surface area contributed by atoms with Crippen LogP contribution in [0.25, 0.3) is 21.9 Å². The molecule has 0 aromatic heterocycles. The third-order valence-corrected chi connectivity index (χ3v) is 14.6. The van der Waals surface area contributed by atoms with Gasteiger partial charge < -0.3 is 14.6 Å². The smallest absolute Gasteiger partial charge is 0.333 e. The Balaban J connectivity index is 1.22. The van der Waals surface area contributed by atoms with Crippen molar-refractivity contribution in [3.63, 3.8) is 0 Å². The van der Waals surface area contributed by atoms with E-state index in [1.165, 1.54) is 93.3 Å². The first-order chi connectivity index (χ1) is 30.4. The molecular weight excluding hydrogens is 770 g/mol. The fourth-order valence-corrected chi connectivity index (χ4v) is 12.0. The highest BCUT2D eigenvalue weighted by atomic mass is 32.2. The van der Waals surface area contributed by atoms with Crippen molar-refractivity contribution < 1.29 is 0 Å². The van der Waals surface area contributed by atoms with E-state index >= 15 is 0 Å². The summed E-state index contributed by atoms with van der Waals surface area (Å²) in [5, 5.41) is 2.52. The minimum atomic E-state index is -0.186. The molecule has 0 amide bonds. The maximum absolute atomic E-state index is 2.69. The second kappa shape index (κ2) is 14.1. The third kappa shape index (κ3) is 5.47. The molecule has 0 unspecified atom stereocenters. The maximum atomic E-state index is 2.69. The lowest BCUT2D eigenvalue weighted by Gasteiger charge is -2.47. The molecule has 12 rings (SSSR count). The monoisotopic (exact) mass is 813 g/mol. The van der Waals surface area contributed by atoms with Gasteiger partial charge in [0.1, 0.15) is 0 Å². The summed E-state index contributed by atoms with van der Waals surface area (Å²) in [6.45, 7) is 9.18. The number of rotatable bonds is 5. The molecule has 0 N–H and O–H groups in total. The maximum Gasteiger partial charge on any atom is 0.333 e. The minimum Gasteiger partial charge on any atom is -0.376 e. The molecule has 0 fully saturated rings. The third-order valence-electron chi connectivity index (χ3n) is 13.5. The molecule has 0 bridgehead atoms. The number of hydrogen-bond donors (Lipinski definition) is 0. The van der Waals surface area contributed by atoms with Crippen LogP contribution >= 0.6 is 11.8 Å². The molecule has 0 saturated heterocycles. The molecule has 9 aromatic carbocycles. The summed E-state index contributed by atoms with van der Waals surface area (Å²) in [6.07, 6.45) is 0. The summed E-state index contributed by atoms with van der Waals surface area (Å²) in [5.41, 5.74) is 19.7. The van der Waals surface area contributed by atoms with Gasteiger partial charge >= 0.3 is 6.85 Å². The first-order valence-corrected chi connectivity index (χ1v) is 22.5. The predicted molar refractivity (Wildman–Crippen MR) is 265 cm³/mol. The van der Waals surface area contributed by atoms with E-state index in [-0.39, 0.29) is 12.3 Å². The minimum absolute atomic E-state index is 0.145. The molecule has 3 nitrogen and oxygen atoms in total. The van der Waals surface area contributed by atoms with Gasteiger partial charge in [-0.25, -0.2) is 0 Å². The van der Waals surface area contributed by atoms with E-state index in [1.807, 2.05) is 11.8 Å². The molecule has 0 saturated carbocycles. The van der Waals surface area contributed by atoms with Crippen LogP contribution in [-0.2, 0) is 5.41 Å². The van der Waals surface area contributed by atoms with Crippen molar-refractivity contribution in [1.29, 1.82) is 0 Å². The van der Waals surface area contributed by atoms with Crippen LogP contribution in [0.3, 0.4) is 0 Å². The molecule has 3 aliphatic rings. The van der Waals surface area contributed by atoms with Crippen LogP contribution in [0.4, 0.5) is 45.5 Å². The van der Waals surface area contributed by atoms with E-state index in [1.54, 1.807) is 0 Å². The van der Waals surface area contributed by atoms with Crippen LogP contribution in [0, 0.1) is 13.8 Å². The van der Waals surface area contributed by atoms with Gasteiger partial charge in [-0.15, -0.1) is 0 Å². The summed E-state index contributed by atoms with van der Waals surface area (Å²) in [6, 6.07) is 72.2. The SMILES string of the molecule is Cc1ccccc1N1B2c3cc(N(c4ccccc4)c4ccccc4)ccc3N(c3ccccc3C)c3cc4ccccc4c(c32)-c2cc3c(cc21)Sc1ccccc1C3(C)C. The van der Waals surface area contributed by atoms with Gasteiger partial charge in [0.2, 0.25) is 0 Å². The van der Waals surface area contributed by atoms with E-state index in [0.717, 1.165) is 17.1 Å². The van der Waals surface area contributed by atoms with Gasteiger partial charge in [0.05, 0.1) is 0 Å². The average Bonchev–Trinajstić information content (AvgIpc) is 3.30. The van der Waals surface area contributed by atoms with Crippen molar-refractivity contribution in [3.05, 3.63) is 216 Å². The average molecular weight is 814 g/mol. The van der Waals surface area contributed by atoms with E-state index in [4.69, 9.17) is 0 Å². The number of hydrogen-bond acceptors (Lipinski definition) is 4. The van der Waals surface area contributed by atoms with Crippen LogP contribution in [-0.4, -0.2) is 6.85 Å². The van der Waals surface area contributed by atoms with Gasteiger partial charge in [-0.1, -0.05) is 141 Å². The van der Waals surface area contributed by atoms with Gasteiger partial charge in [-0.05, 0) is 142 Å². The topological polar surface area (TPSA) is 9.72 Å². The van der Waals surface area contributed by atoms with E-state index < -0.39 is 0 Å². The number of anilines is 8. The summed E-state index contributed by atoms with van der Waals surface area (Å²) in [4.78, 5) is 10.3. The van der Waals surface area contributed by atoms with E-state index in [9.17, 15) is 0 Å². The molecule has 3 aliphatic heterocycles. The van der Waals surface area contributed by atoms with Gasteiger partial charge in [0.15, 0.2) is 0 Å². The van der Waals surface area contributed by atoms with Gasteiger partial charge in [-0.2, -0.15) is 0 Å². The highest BCUT2D eigenvalue weighted by molar-refractivity contribution is 7.99. The van der Waals surface area contributed by atoms with Crippen LogP contribution in [0.5, 0.6) is 0 Å². The molecule has 9 aromatic rings. The summed E-state index contributed by atoms with van der Waals surface area (Å²) >= 11 is 1.91. The summed E-state index contributed by atoms with van der Waals surface area (Å²) < 4.78 is 0. The Hall–Kier alpha value is -6.95. The van der Waals surface area contributed by atoms with Gasteiger partial charge in [-0.3, -0.25) is 0 Å². The molecule has 0 radical (unpaired) electrons. The Labute approximate surface area is 369 Å². The van der Waals surface area contributed by atoms with Crippen molar-refractivity contribution in [2.45, 2.75) is 42.9 Å². The lowest BCUT2D eigenvalue weighted by molar-refractivity contribution is 0.608. The largest absolute Gasteiger partial charge is 0.376 e. The quantitative estimate of drug-likeness (QED) is 0.160. The number of para-hydroxylation sites is 4. The molecule has 0 spiro atoms. The molecule has 0 atom stereocenters. The van der Waals surface area contributed by atoms with E-state index in [0.29, 0.717) is 0 Å². The molecular formula is C57H44BN3S. The van der Waals surface area contributed by atoms with Crippen molar-refractivity contribution in [1.82, 2.24) is 0 Å².